The lowest BCUT2D eigenvalue weighted by molar-refractivity contribution is 0.403. The van der Waals surface area contributed by atoms with Crippen LogP contribution in [0, 0.1) is 5.92 Å². The number of nitrogens with one attached hydrogen (secondary N) is 1. The van der Waals surface area contributed by atoms with Crippen LogP contribution >= 0.6 is 0 Å². The van der Waals surface area contributed by atoms with Crippen molar-refractivity contribution in [3.8, 4) is 0 Å². The molecule has 0 aliphatic rings. The second kappa shape index (κ2) is 7.33. The number of anilines is 1. The fourth-order valence-corrected chi connectivity index (χ4v) is 2.05. The minimum atomic E-state index is 0.743. The van der Waals surface area contributed by atoms with Crippen molar-refractivity contribution in [2.45, 2.75) is 33.2 Å². The van der Waals surface area contributed by atoms with Gasteiger partial charge in [-0.3, -0.25) is 0 Å². The van der Waals surface area contributed by atoms with Gasteiger partial charge in [-0.15, -0.1) is 0 Å². The average molecular weight is 234 g/mol. The molecule has 1 rings (SSSR count). The van der Waals surface area contributed by atoms with E-state index in [1.165, 1.54) is 24.1 Å². The molecule has 0 aromatic heterocycles. The number of hydrogen-bond acceptors (Lipinski definition) is 2. The van der Waals surface area contributed by atoms with Gasteiger partial charge in [-0.05, 0) is 38.1 Å². The van der Waals surface area contributed by atoms with Crippen molar-refractivity contribution >= 4 is 5.69 Å². The van der Waals surface area contributed by atoms with Gasteiger partial charge in [0, 0.05) is 18.8 Å². The average Bonchev–Trinajstić information content (AvgIpc) is 2.27. The molecule has 1 unspecified atom stereocenters. The van der Waals surface area contributed by atoms with E-state index in [1.807, 2.05) is 0 Å². The van der Waals surface area contributed by atoms with Crippen molar-refractivity contribution in [1.29, 1.82) is 0 Å². The van der Waals surface area contributed by atoms with Crippen molar-refractivity contribution in [2.24, 2.45) is 5.92 Å². The fraction of sp³-hybridized carbons (Fsp3) is 0.600. The molecule has 2 nitrogen and oxygen atoms in total. The second-order valence-corrected chi connectivity index (χ2v) is 5.17. The first-order chi connectivity index (χ1) is 8.13. The smallest absolute Gasteiger partial charge is 0.0385 e. The summed E-state index contributed by atoms with van der Waals surface area (Å²) in [6, 6.07) is 8.59. The SMILES string of the molecule is CCCC(C)CNc1ccccc1CN(C)C. The van der Waals surface area contributed by atoms with Crippen molar-refractivity contribution < 1.29 is 0 Å². The lowest BCUT2D eigenvalue weighted by atomic mass is 10.1. The van der Waals surface area contributed by atoms with Crippen molar-refractivity contribution in [3.05, 3.63) is 29.8 Å². The van der Waals surface area contributed by atoms with Crippen LogP contribution in [0.3, 0.4) is 0 Å². The van der Waals surface area contributed by atoms with Crippen LogP contribution < -0.4 is 5.32 Å². The minimum Gasteiger partial charge on any atom is -0.385 e. The van der Waals surface area contributed by atoms with E-state index < -0.39 is 0 Å². The maximum Gasteiger partial charge on any atom is 0.0385 e. The van der Waals surface area contributed by atoms with Gasteiger partial charge in [0.05, 0.1) is 0 Å². The van der Waals surface area contributed by atoms with Gasteiger partial charge in [0.2, 0.25) is 0 Å². The zero-order valence-corrected chi connectivity index (χ0v) is 11.7. The molecule has 1 N–H and O–H groups in total. The molecule has 0 fully saturated rings. The monoisotopic (exact) mass is 234 g/mol. The summed E-state index contributed by atoms with van der Waals surface area (Å²) in [5.41, 5.74) is 2.66. The predicted molar refractivity (Wildman–Crippen MR) is 76.4 cm³/mol. The van der Waals surface area contributed by atoms with Crippen LogP contribution in [0.1, 0.15) is 32.3 Å². The molecule has 0 spiro atoms. The molecule has 0 radical (unpaired) electrons. The van der Waals surface area contributed by atoms with E-state index in [9.17, 15) is 0 Å². The van der Waals surface area contributed by atoms with Crippen LogP contribution in [0.25, 0.3) is 0 Å². The summed E-state index contributed by atoms with van der Waals surface area (Å²) in [6.45, 7) is 6.62. The molecule has 0 aliphatic carbocycles. The zero-order chi connectivity index (χ0) is 12.7. The number of benzene rings is 1. The van der Waals surface area contributed by atoms with E-state index >= 15 is 0 Å². The van der Waals surface area contributed by atoms with Crippen LogP contribution in [0.5, 0.6) is 0 Å². The summed E-state index contributed by atoms with van der Waals surface area (Å²) in [5, 5.41) is 3.58. The third-order valence-corrected chi connectivity index (χ3v) is 2.93. The van der Waals surface area contributed by atoms with Crippen molar-refractivity contribution in [1.82, 2.24) is 4.90 Å². The summed E-state index contributed by atoms with van der Waals surface area (Å²) >= 11 is 0. The molecule has 17 heavy (non-hydrogen) atoms. The zero-order valence-electron chi connectivity index (χ0n) is 11.7. The lowest BCUT2D eigenvalue weighted by Crippen LogP contribution is -2.15. The van der Waals surface area contributed by atoms with Crippen LogP contribution in [0.15, 0.2) is 24.3 Å². The third-order valence-electron chi connectivity index (χ3n) is 2.93. The number of para-hydroxylation sites is 1. The highest BCUT2D eigenvalue weighted by Gasteiger charge is 2.04. The van der Waals surface area contributed by atoms with E-state index in [1.54, 1.807) is 0 Å². The summed E-state index contributed by atoms with van der Waals surface area (Å²) in [7, 11) is 4.22. The van der Waals surface area contributed by atoms with Gasteiger partial charge in [-0.25, -0.2) is 0 Å². The Labute approximate surface area is 106 Å². The fourth-order valence-electron chi connectivity index (χ4n) is 2.05. The summed E-state index contributed by atoms with van der Waals surface area (Å²) < 4.78 is 0. The van der Waals surface area contributed by atoms with E-state index in [4.69, 9.17) is 0 Å². The molecule has 0 bridgehead atoms. The maximum atomic E-state index is 3.58. The molecule has 0 amide bonds. The molecule has 2 heteroatoms. The molecular weight excluding hydrogens is 208 g/mol. The lowest BCUT2D eigenvalue weighted by Gasteiger charge is -2.17. The topological polar surface area (TPSA) is 15.3 Å². The summed E-state index contributed by atoms with van der Waals surface area (Å²) in [4.78, 5) is 2.20. The van der Waals surface area contributed by atoms with E-state index in [2.05, 4.69) is 62.4 Å². The van der Waals surface area contributed by atoms with Crippen LogP contribution in [0.2, 0.25) is 0 Å². The largest absolute Gasteiger partial charge is 0.385 e. The Morgan fingerprint density at radius 1 is 1.24 bits per heavy atom. The Morgan fingerprint density at radius 2 is 1.94 bits per heavy atom. The summed E-state index contributed by atoms with van der Waals surface area (Å²) in [5.74, 6) is 0.743. The Balaban J connectivity index is 2.57. The van der Waals surface area contributed by atoms with Crippen LogP contribution in [0.4, 0.5) is 5.69 Å². The Kier molecular flexibility index (Phi) is 6.06. The molecule has 0 heterocycles. The first kappa shape index (κ1) is 14.0. The van der Waals surface area contributed by atoms with E-state index in [0.717, 1.165) is 19.0 Å². The highest BCUT2D eigenvalue weighted by atomic mass is 15.1. The van der Waals surface area contributed by atoms with Gasteiger partial charge in [-0.2, -0.15) is 0 Å². The molecule has 1 aromatic rings. The van der Waals surface area contributed by atoms with Gasteiger partial charge >= 0.3 is 0 Å². The van der Waals surface area contributed by atoms with Gasteiger partial charge in [0.25, 0.3) is 0 Å². The van der Waals surface area contributed by atoms with Crippen LogP contribution in [-0.4, -0.2) is 25.5 Å². The van der Waals surface area contributed by atoms with Gasteiger partial charge in [0.1, 0.15) is 0 Å². The van der Waals surface area contributed by atoms with Gasteiger partial charge < -0.3 is 10.2 Å². The Morgan fingerprint density at radius 3 is 2.59 bits per heavy atom. The molecule has 0 saturated heterocycles. The Bertz CT molecular complexity index is 320. The number of hydrogen-bond donors (Lipinski definition) is 1. The summed E-state index contributed by atoms with van der Waals surface area (Å²) in [6.07, 6.45) is 2.56. The molecule has 0 saturated carbocycles. The molecule has 1 atom stereocenters. The van der Waals surface area contributed by atoms with E-state index in [0.29, 0.717) is 0 Å². The molecule has 96 valence electrons. The highest BCUT2D eigenvalue weighted by molar-refractivity contribution is 5.51. The van der Waals surface area contributed by atoms with E-state index in [-0.39, 0.29) is 0 Å². The first-order valence-electron chi connectivity index (χ1n) is 6.60. The van der Waals surface area contributed by atoms with Gasteiger partial charge in [-0.1, -0.05) is 38.5 Å². The quantitative estimate of drug-likeness (QED) is 0.775. The van der Waals surface area contributed by atoms with Gasteiger partial charge in [0.15, 0.2) is 0 Å². The van der Waals surface area contributed by atoms with Crippen molar-refractivity contribution in [2.75, 3.05) is 26.0 Å². The second-order valence-electron chi connectivity index (χ2n) is 5.17. The minimum absolute atomic E-state index is 0.743. The predicted octanol–water partition coefficient (Wildman–Crippen LogP) is 3.60. The highest BCUT2D eigenvalue weighted by Crippen LogP contribution is 2.17. The third kappa shape index (κ3) is 5.22. The molecule has 0 aliphatic heterocycles. The van der Waals surface area contributed by atoms with Crippen molar-refractivity contribution in [3.63, 3.8) is 0 Å². The maximum absolute atomic E-state index is 3.58. The number of nitrogens with zero attached hydrogens (tertiary/aromatic N) is 1. The number of rotatable bonds is 7. The first-order valence-corrected chi connectivity index (χ1v) is 6.60. The molecule has 1 aromatic carbocycles. The molecular formula is C15H26N2. The standard InChI is InChI=1S/C15H26N2/c1-5-8-13(2)11-16-15-10-7-6-9-14(15)12-17(3)4/h6-7,9-10,13,16H,5,8,11-12H2,1-4H3. The Hall–Kier alpha value is -1.02. The normalized spacial score (nSPS) is 12.8. The van der Waals surface area contributed by atoms with Crippen LogP contribution in [-0.2, 0) is 6.54 Å².